The second-order valence-corrected chi connectivity index (χ2v) is 7.94. The molecule has 0 aliphatic carbocycles. The van der Waals surface area contributed by atoms with Gasteiger partial charge in [0.1, 0.15) is 0 Å². The van der Waals surface area contributed by atoms with Gasteiger partial charge in [-0.2, -0.15) is 0 Å². The van der Waals surface area contributed by atoms with E-state index in [1.54, 1.807) is 0 Å². The van der Waals surface area contributed by atoms with Gasteiger partial charge in [-0.15, -0.1) is 0 Å². The third kappa shape index (κ3) is 24.6. The molecular formula is C18H36. The van der Waals surface area contributed by atoms with Gasteiger partial charge in [-0.1, -0.05) is 93.5 Å². The van der Waals surface area contributed by atoms with E-state index in [0.29, 0.717) is 22.7 Å². The third-order valence-corrected chi connectivity index (χ3v) is 1.96. The molecule has 0 aromatic carbocycles. The molecule has 0 rings (SSSR count). The highest BCUT2D eigenvalue weighted by Gasteiger charge is 2.08. The van der Waals surface area contributed by atoms with E-state index in [9.17, 15) is 0 Å². The zero-order valence-corrected chi connectivity index (χ0v) is 14.5. The summed E-state index contributed by atoms with van der Waals surface area (Å²) in [6.45, 7) is 22.1. The average molecular weight is 252 g/mol. The van der Waals surface area contributed by atoms with Gasteiger partial charge in [-0.05, 0) is 22.7 Å². The van der Waals surface area contributed by atoms with E-state index in [2.05, 4.69) is 93.5 Å². The van der Waals surface area contributed by atoms with Crippen LogP contribution in [0.5, 0.6) is 0 Å². The van der Waals surface area contributed by atoms with Crippen molar-refractivity contribution in [3.63, 3.8) is 0 Å². The van der Waals surface area contributed by atoms with Gasteiger partial charge in [0.2, 0.25) is 0 Å². The molecule has 0 N–H and O–H groups in total. The Morgan fingerprint density at radius 3 is 0.889 bits per heavy atom. The third-order valence-electron chi connectivity index (χ3n) is 1.96. The smallest absolute Gasteiger partial charge is 0.0203 e. The Labute approximate surface area is 117 Å². The Balaban J connectivity index is 0. The van der Waals surface area contributed by atoms with Crippen LogP contribution in [0.15, 0.2) is 24.3 Å². The zero-order chi connectivity index (χ0) is 15.0. The van der Waals surface area contributed by atoms with E-state index < -0.39 is 0 Å². The largest absolute Gasteiger partial charge is 0.0857 e. The molecule has 0 heteroatoms. The van der Waals surface area contributed by atoms with Gasteiger partial charge in [0.25, 0.3) is 0 Å². The summed E-state index contributed by atoms with van der Waals surface area (Å²) in [5.74, 6) is 1.41. The molecule has 0 nitrogen and oxygen atoms in total. The number of hydrogen-bond donors (Lipinski definition) is 0. The predicted octanol–water partition coefficient (Wildman–Crippen LogP) is 6.49. The summed E-state index contributed by atoms with van der Waals surface area (Å²) in [6, 6.07) is 0. The molecule has 0 saturated carbocycles. The van der Waals surface area contributed by atoms with Crippen molar-refractivity contribution in [1.82, 2.24) is 0 Å². The van der Waals surface area contributed by atoms with Gasteiger partial charge < -0.3 is 0 Å². The van der Waals surface area contributed by atoms with Crippen molar-refractivity contribution < 1.29 is 0 Å². The summed E-state index contributed by atoms with van der Waals surface area (Å²) in [5.41, 5.74) is 0.653. The van der Waals surface area contributed by atoms with Crippen molar-refractivity contribution in [2.24, 2.45) is 22.7 Å². The molecule has 0 heterocycles. The second-order valence-electron chi connectivity index (χ2n) is 7.94. The Hall–Kier alpha value is -0.520. The molecule has 108 valence electrons. The molecule has 0 unspecified atom stereocenters. The average Bonchev–Trinajstić information content (AvgIpc) is 2.10. The normalized spacial score (nSPS) is 13.6. The molecule has 0 aliphatic heterocycles. The highest BCUT2D eigenvalue weighted by Crippen LogP contribution is 2.21. The molecule has 0 saturated heterocycles. The number of rotatable bonds is 2. The fraction of sp³-hybridized carbons (Fsp3) is 0.778. The van der Waals surface area contributed by atoms with Gasteiger partial charge >= 0.3 is 0 Å². The van der Waals surface area contributed by atoms with Crippen LogP contribution in [0.3, 0.4) is 0 Å². The molecule has 0 spiro atoms. The quantitative estimate of drug-likeness (QED) is 0.493. The van der Waals surface area contributed by atoms with Gasteiger partial charge in [0.05, 0.1) is 0 Å². The van der Waals surface area contributed by atoms with Crippen molar-refractivity contribution in [2.45, 2.75) is 69.2 Å². The summed E-state index contributed by atoms with van der Waals surface area (Å²) in [5, 5.41) is 0. The summed E-state index contributed by atoms with van der Waals surface area (Å²) < 4.78 is 0. The summed E-state index contributed by atoms with van der Waals surface area (Å²) in [7, 11) is 0. The first kappa shape index (κ1) is 19.8. The van der Waals surface area contributed by atoms with Crippen molar-refractivity contribution in [3.05, 3.63) is 24.3 Å². The van der Waals surface area contributed by atoms with E-state index in [1.165, 1.54) is 0 Å². The predicted molar refractivity (Wildman–Crippen MR) is 86.9 cm³/mol. The Morgan fingerprint density at radius 1 is 0.556 bits per heavy atom. The van der Waals surface area contributed by atoms with Crippen molar-refractivity contribution >= 4 is 0 Å². The van der Waals surface area contributed by atoms with E-state index in [4.69, 9.17) is 0 Å². The van der Waals surface area contributed by atoms with Crippen LogP contribution in [0.4, 0.5) is 0 Å². The molecule has 0 atom stereocenters. The Morgan fingerprint density at radius 2 is 0.778 bits per heavy atom. The van der Waals surface area contributed by atoms with E-state index >= 15 is 0 Å². The maximum absolute atomic E-state index is 2.27. The zero-order valence-electron chi connectivity index (χ0n) is 14.5. The summed E-state index contributed by atoms with van der Waals surface area (Å²) in [6.07, 6.45) is 9.02. The molecule has 0 amide bonds. The topological polar surface area (TPSA) is 0 Å². The highest BCUT2D eigenvalue weighted by molar-refractivity contribution is 4.98. The maximum Gasteiger partial charge on any atom is -0.0203 e. The first-order valence-corrected chi connectivity index (χ1v) is 7.22. The van der Waals surface area contributed by atoms with Crippen LogP contribution in [0.1, 0.15) is 69.2 Å². The minimum absolute atomic E-state index is 0.327. The minimum Gasteiger partial charge on any atom is -0.0857 e. The van der Waals surface area contributed by atoms with Crippen LogP contribution in [-0.2, 0) is 0 Å². The lowest BCUT2D eigenvalue weighted by Gasteiger charge is -2.17. The monoisotopic (exact) mass is 252 g/mol. The van der Waals surface area contributed by atoms with Gasteiger partial charge in [0.15, 0.2) is 0 Å². The van der Waals surface area contributed by atoms with Crippen LogP contribution in [0, 0.1) is 22.7 Å². The van der Waals surface area contributed by atoms with E-state index in [1.807, 2.05) is 0 Å². The van der Waals surface area contributed by atoms with Crippen LogP contribution in [0.25, 0.3) is 0 Å². The van der Waals surface area contributed by atoms with Crippen molar-refractivity contribution in [1.29, 1.82) is 0 Å². The fourth-order valence-corrected chi connectivity index (χ4v) is 0.944. The SMILES string of the molecule is CC(C)(C)C=CC(C)(C)C.CC(C)C=CC(C)C. The van der Waals surface area contributed by atoms with E-state index in [-0.39, 0.29) is 0 Å². The Bertz CT molecular complexity index is 212. The fourth-order valence-electron chi connectivity index (χ4n) is 0.944. The van der Waals surface area contributed by atoms with Crippen LogP contribution in [0.2, 0.25) is 0 Å². The second kappa shape index (κ2) is 8.56. The van der Waals surface area contributed by atoms with Gasteiger partial charge in [-0.25, -0.2) is 0 Å². The first-order chi connectivity index (χ1) is 7.83. The Kier molecular flexibility index (Phi) is 9.42. The summed E-state index contributed by atoms with van der Waals surface area (Å²) >= 11 is 0. The molecule has 0 aromatic heterocycles. The summed E-state index contributed by atoms with van der Waals surface area (Å²) in [4.78, 5) is 0. The van der Waals surface area contributed by atoms with Gasteiger partial charge in [-0.3, -0.25) is 0 Å². The van der Waals surface area contributed by atoms with Gasteiger partial charge in [0, 0.05) is 0 Å². The molecular weight excluding hydrogens is 216 g/mol. The van der Waals surface area contributed by atoms with Crippen molar-refractivity contribution in [2.75, 3.05) is 0 Å². The molecule has 0 aliphatic rings. The van der Waals surface area contributed by atoms with Crippen LogP contribution < -0.4 is 0 Å². The number of allylic oxidation sites excluding steroid dienone is 4. The van der Waals surface area contributed by atoms with Crippen LogP contribution in [-0.4, -0.2) is 0 Å². The standard InChI is InChI=1S/C10H20.C8H16/c1-9(2,3)7-8-10(4,5)6;1-7(2)5-6-8(3)4/h7-8H,1-6H3;5-8H,1-4H3. The molecule has 0 bridgehead atoms. The van der Waals surface area contributed by atoms with E-state index in [0.717, 1.165) is 0 Å². The number of hydrogen-bond acceptors (Lipinski definition) is 0. The molecule has 0 fully saturated rings. The van der Waals surface area contributed by atoms with Crippen molar-refractivity contribution in [3.8, 4) is 0 Å². The highest BCUT2D eigenvalue weighted by atomic mass is 14.1. The van der Waals surface area contributed by atoms with Crippen LogP contribution >= 0.6 is 0 Å². The lowest BCUT2D eigenvalue weighted by molar-refractivity contribution is 0.502. The molecule has 0 radical (unpaired) electrons. The minimum atomic E-state index is 0.327. The molecule has 18 heavy (non-hydrogen) atoms. The molecule has 0 aromatic rings. The lowest BCUT2D eigenvalue weighted by Crippen LogP contribution is -2.04. The maximum atomic E-state index is 2.27. The first-order valence-electron chi connectivity index (χ1n) is 7.22. The lowest BCUT2D eigenvalue weighted by atomic mass is 9.89.